The molecule has 4 aromatic rings. The second-order valence-electron chi connectivity index (χ2n) is 17.2. The molecule has 2 saturated carbocycles. The van der Waals surface area contributed by atoms with Gasteiger partial charge in [-0.3, -0.25) is 14.4 Å². The van der Waals surface area contributed by atoms with Crippen molar-refractivity contribution in [3.05, 3.63) is 138 Å². The van der Waals surface area contributed by atoms with Crippen LogP contribution in [0.4, 0.5) is 0 Å². The number of rotatable bonds is 6. The molecule has 0 radical (unpaired) electrons. The zero-order valence-electron chi connectivity index (χ0n) is 33.4. The van der Waals surface area contributed by atoms with Crippen molar-refractivity contribution in [3.63, 3.8) is 0 Å². The minimum absolute atomic E-state index is 0.0747. The lowest BCUT2D eigenvalue weighted by Crippen LogP contribution is -2.42. The van der Waals surface area contributed by atoms with Crippen molar-refractivity contribution in [2.24, 2.45) is 22.7 Å². The summed E-state index contributed by atoms with van der Waals surface area (Å²) in [7, 11) is 0. The van der Waals surface area contributed by atoms with Crippen LogP contribution >= 0.6 is 46.4 Å². The zero-order valence-corrected chi connectivity index (χ0v) is 36.4. The predicted octanol–water partition coefficient (Wildman–Crippen LogP) is 12.1. The highest BCUT2D eigenvalue weighted by atomic mass is 35.5. The van der Waals surface area contributed by atoms with Gasteiger partial charge in [0.25, 0.3) is 0 Å². The van der Waals surface area contributed by atoms with Gasteiger partial charge in [0.15, 0.2) is 5.78 Å². The number of hydrogen-bond acceptors (Lipinski definition) is 4. The van der Waals surface area contributed by atoms with Gasteiger partial charge in [-0.1, -0.05) is 110 Å². The molecule has 10 atom stereocenters. The number of hydrogen-bond donors (Lipinski definition) is 2. The summed E-state index contributed by atoms with van der Waals surface area (Å²) in [5.74, 6) is 1.29. The Balaban J connectivity index is 0.000000177. The number of benzene rings is 4. The molecule has 2 saturated heterocycles. The van der Waals surface area contributed by atoms with Crippen LogP contribution in [0.3, 0.4) is 0 Å². The van der Waals surface area contributed by atoms with Crippen molar-refractivity contribution in [1.82, 2.24) is 10.6 Å². The Kier molecular flexibility index (Phi) is 12.1. The lowest BCUT2D eigenvalue weighted by Gasteiger charge is -2.46. The van der Waals surface area contributed by atoms with Crippen LogP contribution < -0.4 is 10.6 Å². The molecule has 4 fully saturated rings. The number of nitrogens with zero attached hydrogens (tertiary/aromatic N) is 1. The monoisotopic (exact) mass is 855 g/mol. The molecule has 2 amide bonds. The third-order valence-electron chi connectivity index (χ3n) is 14.0. The van der Waals surface area contributed by atoms with E-state index in [4.69, 9.17) is 46.4 Å². The number of halogens is 4. The number of amides is 2. The van der Waals surface area contributed by atoms with Crippen molar-refractivity contribution in [1.29, 1.82) is 5.26 Å². The van der Waals surface area contributed by atoms with Crippen LogP contribution in [-0.4, -0.2) is 29.7 Å². The van der Waals surface area contributed by atoms with E-state index in [1.54, 1.807) is 12.1 Å². The topological polar surface area (TPSA) is 99.1 Å². The van der Waals surface area contributed by atoms with Gasteiger partial charge in [-0.15, -0.1) is 0 Å². The minimum atomic E-state index is -0.398. The number of ketones is 1. The van der Waals surface area contributed by atoms with Crippen molar-refractivity contribution in [3.8, 4) is 6.07 Å². The summed E-state index contributed by atoms with van der Waals surface area (Å²) in [4.78, 5) is 37.7. The van der Waals surface area contributed by atoms with Crippen LogP contribution in [0.1, 0.15) is 129 Å². The Bertz CT molecular complexity index is 2270. The van der Waals surface area contributed by atoms with E-state index >= 15 is 0 Å². The van der Waals surface area contributed by atoms with E-state index < -0.39 is 5.41 Å². The number of carbonyl (C=O) groups excluding carboxylic acids is 3. The molecule has 0 unspecified atom stereocenters. The summed E-state index contributed by atoms with van der Waals surface area (Å²) in [6.07, 6.45) is 3.82. The van der Waals surface area contributed by atoms with E-state index in [9.17, 15) is 19.6 Å². The molecule has 58 heavy (non-hydrogen) atoms. The first-order valence-corrected chi connectivity index (χ1v) is 21.8. The quantitative estimate of drug-likeness (QED) is 0.189. The molecule has 0 aromatic heterocycles. The minimum Gasteiger partial charge on any atom is -0.353 e. The number of nitrogens with one attached hydrogen (secondary N) is 2. The van der Waals surface area contributed by atoms with Crippen LogP contribution in [0, 0.1) is 34.0 Å². The molecule has 2 aliphatic heterocycles. The van der Waals surface area contributed by atoms with Crippen molar-refractivity contribution >= 4 is 64.0 Å². The van der Waals surface area contributed by atoms with E-state index in [1.807, 2.05) is 55.5 Å². The smallest absolute Gasteiger partial charge is 0.226 e. The lowest BCUT2D eigenvalue weighted by atomic mass is 9.56. The van der Waals surface area contributed by atoms with E-state index in [2.05, 4.69) is 68.7 Å². The van der Waals surface area contributed by atoms with Crippen molar-refractivity contribution < 1.29 is 14.4 Å². The fourth-order valence-corrected chi connectivity index (χ4v) is 12.0. The molecule has 302 valence electrons. The van der Waals surface area contributed by atoms with Gasteiger partial charge < -0.3 is 10.6 Å². The Morgan fingerprint density at radius 2 is 1.12 bits per heavy atom. The highest BCUT2D eigenvalue weighted by Crippen LogP contribution is 2.60. The summed E-state index contributed by atoms with van der Waals surface area (Å²) in [5.41, 5.74) is 4.88. The van der Waals surface area contributed by atoms with Gasteiger partial charge in [0.1, 0.15) is 0 Å². The molecule has 0 spiro atoms. The Hall–Kier alpha value is -3.86. The summed E-state index contributed by atoms with van der Waals surface area (Å²) < 4.78 is 0. The van der Waals surface area contributed by atoms with Crippen LogP contribution in [0.15, 0.2) is 84.9 Å². The van der Waals surface area contributed by atoms with Gasteiger partial charge >= 0.3 is 0 Å². The molecule has 2 aliphatic carbocycles. The van der Waals surface area contributed by atoms with Crippen LogP contribution in [0.5, 0.6) is 0 Å². The summed E-state index contributed by atoms with van der Waals surface area (Å²) >= 11 is 25.6. The predicted molar refractivity (Wildman–Crippen MR) is 233 cm³/mol. The van der Waals surface area contributed by atoms with Gasteiger partial charge in [0, 0.05) is 56.0 Å². The molecule has 10 heteroatoms. The Morgan fingerprint density at radius 3 is 1.52 bits per heavy atom. The molecule has 4 aliphatic rings. The average Bonchev–Trinajstić information content (AvgIpc) is 3.58. The molecule has 2 N–H and O–H groups in total. The molecule has 8 rings (SSSR count). The second-order valence-corrected chi connectivity index (χ2v) is 18.9. The number of fused-ring (bicyclic) bond motifs is 2. The Labute approximate surface area is 362 Å². The summed E-state index contributed by atoms with van der Waals surface area (Å²) in [6, 6.07) is 29.5. The van der Waals surface area contributed by atoms with E-state index in [0.29, 0.717) is 37.6 Å². The molecule has 2 heterocycles. The highest BCUT2D eigenvalue weighted by Gasteiger charge is 2.59. The maximum absolute atomic E-state index is 12.8. The summed E-state index contributed by atoms with van der Waals surface area (Å²) in [6.45, 7) is 10.2. The molecule has 6 nitrogen and oxygen atoms in total. The third kappa shape index (κ3) is 7.58. The molecule has 0 bridgehead atoms. The van der Waals surface area contributed by atoms with Crippen LogP contribution in [0.2, 0.25) is 20.1 Å². The van der Waals surface area contributed by atoms with Crippen molar-refractivity contribution in [2.45, 2.75) is 102 Å². The third-order valence-corrected chi connectivity index (χ3v) is 15.1. The van der Waals surface area contributed by atoms with Crippen LogP contribution in [0.25, 0.3) is 0 Å². The van der Waals surface area contributed by atoms with Gasteiger partial charge in [0.2, 0.25) is 11.8 Å². The van der Waals surface area contributed by atoms with Gasteiger partial charge in [0.05, 0.1) is 22.5 Å². The van der Waals surface area contributed by atoms with Gasteiger partial charge in [-0.2, -0.15) is 5.26 Å². The van der Waals surface area contributed by atoms with Gasteiger partial charge in [-0.05, 0) is 128 Å². The first-order valence-electron chi connectivity index (χ1n) is 20.3. The number of Topliss-reactive ketones (excluding diaryl/α,β-unsaturated/α-hetero) is 1. The number of carbonyl (C=O) groups is 3. The standard InChI is InChI=1S/C25H27Cl2NO2.C23H22Cl2N2O/c1-4-21(29)16-7-10-18(20(27)13-16)19-11-12-25(3)23(14(2)28-24(25)30)22(19)15-5-8-17(26)9-6-15;1-13-21-20(15-4-6-16(24)7-5-15)18(9-10-23(21,2)22(28)27-13)17-8-3-14(12-26)11-19(17)25/h5-10,13-14,19,22-23H,4,11-12H2,1-3H3,(H,28,30);3-8,11,13,18,20-21H,9-10H2,1-2H3,(H,27,28)/t14-,19+,22+,23+,25-;13-,18+,20+,21+,23-/m11/s1. The van der Waals surface area contributed by atoms with E-state index in [-0.39, 0.29) is 70.6 Å². The average molecular weight is 858 g/mol. The first-order chi connectivity index (χ1) is 27.6. The normalized spacial score (nSPS) is 31.2. The maximum atomic E-state index is 12.8. The van der Waals surface area contributed by atoms with Crippen molar-refractivity contribution in [2.75, 3.05) is 0 Å². The van der Waals surface area contributed by atoms with E-state index in [0.717, 1.165) is 36.8 Å². The highest BCUT2D eigenvalue weighted by molar-refractivity contribution is 6.32. The molecule has 4 aromatic carbocycles. The molecular formula is C48H49Cl4N3O3. The fraction of sp³-hybridized carbons (Fsp3) is 0.417. The lowest BCUT2D eigenvalue weighted by molar-refractivity contribution is -0.130. The largest absolute Gasteiger partial charge is 0.353 e. The maximum Gasteiger partial charge on any atom is 0.226 e. The Morgan fingerprint density at radius 1 is 0.690 bits per heavy atom. The fourth-order valence-electron chi connectivity index (χ4n) is 11.1. The van der Waals surface area contributed by atoms with Gasteiger partial charge in [-0.25, -0.2) is 0 Å². The SMILES string of the molecule is CCC(=O)c1ccc([C@@H]2CC[C@@]3(C)C(=O)N[C@H](C)[C@H]3[C@H]2c2ccc(Cl)cc2)c(Cl)c1.C[C@H]1NC(=O)[C@]2(C)CC[C@@H](c3ccc(C#N)cc3Cl)[C@H](c3ccc(Cl)cc3)[C@H]12. The van der Waals surface area contributed by atoms with E-state index in [1.165, 1.54) is 11.1 Å². The summed E-state index contributed by atoms with van der Waals surface area (Å²) in [5, 5.41) is 18.2. The zero-order chi connectivity index (χ0) is 41.7. The van der Waals surface area contributed by atoms with Crippen LogP contribution in [-0.2, 0) is 9.59 Å². The second kappa shape index (κ2) is 16.7. The number of nitriles is 1. The molecular weight excluding hydrogens is 808 g/mol. The first kappa shape index (κ1) is 42.3.